The summed E-state index contributed by atoms with van der Waals surface area (Å²) in [7, 11) is 2.89. The van der Waals surface area contributed by atoms with Crippen molar-refractivity contribution in [2.24, 2.45) is 0 Å². The van der Waals surface area contributed by atoms with Crippen LogP contribution >= 0.6 is 22.6 Å². The van der Waals surface area contributed by atoms with Crippen molar-refractivity contribution >= 4 is 40.2 Å². The number of ketones is 1. The van der Waals surface area contributed by atoms with Crippen molar-refractivity contribution in [3.05, 3.63) is 32.9 Å². The molecule has 1 aliphatic rings. The van der Waals surface area contributed by atoms with Crippen molar-refractivity contribution in [1.82, 2.24) is 10.2 Å². The summed E-state index contributed by atoms with van der Waals surface area (Å²) in [5, 5.41) is 32.5. The molecule has 1 aromatic rings. The number of amides is 2. The first-order chi connectivity index (χ1) is 17.2. The van der Waals surface area contributed by atoms with Crippen molar-refractivity contribution in [3.8, 4) is 11.5 Å². The molecule has 0 bridgehead atoms. The van der Waals surface area contributed by atoms with Gasteiger partial charge in [-0.25, -0.2) is 0 Å². The second-order valence-corrected chi connectivity index (χ2v) is 9.21. The van der Waals surface area contributed by atoms with Crippen LogP contribution in [0.5, 0.6) is 11.5 Å². The van der Waals surface area contributed by atoms with Crippen molar-refractivity contribution in [2.75, 3.05) is 40.5 Å². The molecule has 0 saturated carbocycles. The minimum Gasteiger partial charge on any atom is -0.493 e. The van der Waals surface area contributed by atoms with E-state index in [4.69, 9.17) is 19.3 Å². The van der Waals surface area contributed by atoms with E-state index in [-0.39, 0.29) is 57.1 Å². The zero-order valence-corrected chi connectivity index (χ0v) is 22.7. The van der Waals surface area contributed by atoms with E-state index >= 15 is 0 Å². The average Bonchev–Trinajstić information content (AvgIpc) is 2.89. The predicted octanol–water partition coefficient (Wildman–Crippen LogP) is 0.162. The maximum atomic E-state index is 12.9. The molecule has 0 fully saturated rings. The highest BCUT2D eigenvalue weighted by Crippen LogP contribution is 2.37. The molecule has 12 heteroatoms. The second-order valence-electron chi connectivity index (χ2n) is 8.05. The van der Waals surface area contributed by atoms with Crippen molar-refractivity contribution in [3.63, 3.8) is 0 Å². The third-order valence-electron chi connectivity index (χ3n) is 5.70. The van der Waals surface area contributed by atoms with Gasteiger partial charge in [-0.3, -0.25) is 14.4 Å². The van der Waals surface area contributed by atoms with Gasteiger partial charge in [0.05, 0.1) is 36.5 Å². The number of nitrogens with one attached hydrogen (secondary N) is 1. The molecular formula is C24H33IN2O9. The fourth-order valence-electron chi connectivity index (χ4n) is 3.81. The van der Waals surface area contributed by atoms with Crippen LogP contribution in [-0.2, 0) is 25.7 Å². The molecule has 0 aliphatic heterocycles. The number of ether oxygens (including phenoxy) is 3. The Labute approximate surface area is 223 Å². The SMILES string of the molecule is CCC(=O)C(=O)N(CCOC)[C@@H]1CC(C(=O)NCCO)=C[C@H](Oc2c(I)cc(CO)cc2OC)[C@H]1O. The molecule has 3 atom stereocenters. The van der Waals surface area contributed by atoms with Crippen LogP contribution in [0.1, 0.15) is 25.3 Å². The molecule has 4 N–H and O–H groups in total. The van der Waals surface area contributed by atoms with Gasteiger partial charge in [0.15, 0.2) is 11.5 Å². The van der Waals surface area contributed by atoms with Crippen LogP contribution in [0.15, 0.2) is 23.8 Å². The molecule has 11 nitrogen and oxygen atoms in total. The number of carbonyl (C=O) groups excluding carboxylic acids is 3. The molecule has 0 radical (unpaired) electrons. The summed E-state index contributed by atoms with van der Waals surface area (Å²) in [5.74, 6) is -1.31. The van der Waals surface area contributed by atoms with Gasteiger partial charge >= 0.3 is 0 Å². The largest absolute Gasteiger partial charge is 0.493 e. The average molecular weight is 620 g/mol. The summed E-state index contributed by atoms with van der Waals surface area (Å²) in [6.07, 6.45) is -0.984. The summed E-state index contributed by atoms with van der Waals surface area (Å²) < 4.78 is 17.2. The second kappa shape index (κ2) is 14.5. The molecule has 0 unspecified atom stereocenters. The Morgan fingerprint density at radius 2 is 1.94 bits per heavy atom. The molecule has 1 aliphatic carbocycles. The van der Waals surface area contributed by atoms with Gasteiger partial charge in [0.1, 0.15) is 12.2 Å². The van der Waals surface area contributed by atoms with E-state index in [1.165, 1.54) is 25.2 Å². The van der Waals surface area contributed by atoms with Crippen LogP contribution in [0, 0.1) is 3.57 Å². The van der Waals surface area contributed by atoms with Gasteiger partial charge in [-0.15, -0.1) is 0 Å². The van der Waals surface area contributed by atoms with E-state index in [2.05, 4.69) is 5.32 Å². The Kier molecular flexibility index (Phi) is 12.0. The van der Waals surface area contributed by atoms with E-state index in [1.807, 2.05) is 22.6 Å². The van der Waals surface area contributed by atoms with Crippen LogP contribution in [0.25, 0.3) is 0 Å². The van der Waals surface area contributed by atoms with Gasteiger partial charge in [0, 0.05) is 38.6 Å². The summed E-state index contributed by atoms with van der Waals surface area (Å²) in [6.45, 7) is 1.24. The normalized spacial score (nSPS) is 19.3. The Hall–Kier alpha value is -2.26. The fourth-order valence-corrected chi connectivity index (χ4v) is 4.61. The van der Waals surface area contributed by atoms with Crippen LogP contribution in [-0.4, -0.2) is 96.6 Å². The van der Waals surface area contributed by atoms with E-state index in [0.717, 1.165) is 0 Å². The van der Waals surface area contributed by atoms with Gasteiger partial charge < -0.3 is 39.7 Å². The summed E-state index contributed by atoms with van der Waals surface area (Å²) in [6, 6.07) is 2.32. The lowest BCUT2D eigenvalue weighted by Gasteiger charge is -2.40. The van der Waals surface area contributed by atoms with E-state index in [0.29, 0.717) is 14.9 Å². The minimum absolute atomic E-state index is 0.0165. The molecule has 0 spiro atoms. The number of Topliss-reactive ketones (excluding diaryl/α,β-unsaturated/α-hetero) is 1. The highest BCUT2D eigenvalue weighted by molar-refractivity contribution is 14.1. The monoisotopic (exact) mass is 620 g/mol. The Morgan fingerprint density at radius 3 is 2.53 bits per heavy atom. The number of nitrogens with zero attached hydrogens (tertiary/aromatic N) is 1. The lowest BCUT2D eigenvalue weighted by Crippen LogP contribution is -2.57. The third kappa shape index (κ3) is 7.38. The van der Waals surface area contributed by atoms with Crippen molar-refractivity contribution in [2.45, 2.75) is 44.6 Å². The molecular weight excluding hydrogens is 587 g/mol. The maximum absolute atomic E-state index is 12.9. The molecule has 0 saturated heterocycles. The maximum Gasteiger partial charge on any atom is 0.290 e. The van der Waals surface area contributed by atoms with E-state index in [9.17, 15) is 24.6 Å². The topological polar surface area (TPSA) is 155 Å². The van der Waals surface area contributed by atoms with Crippen LogP contribution in [0.3, 0.4) is 0 Å². The minimum atomic E-state index is -1.30. The zero-order chi connectivity index (χ0) is 26.8. The van der Waals surface area contributed by atoms with Gasteiger partial charge in [-0.2, -0.15) is 0 Å². The number of benzene rings is 1. The van der Waals surface area contributed by atoms with Gasteiger partial charge in [-0.1, -0.05) is 6.92 Å². The molecule has 2 rings (SSSR count). The van der Waals surface area contributed by atoms with Gasteiger partial charge in [0.2, 0.25) is 11.7 Å². The van der Waals surface area contributed by atoms with Crippen molar-refractivity contribution in [1.29, 1.82) is 0 Å². The first-order valence-corrected chi connectivity index (χ1v) is 12.5. The van der Waals surface area contributed by atoms with Crippen LogP contribution in [0.2, 0.25) is 0 Å². The lowest BCUT2D eigenvalue weighted by molar-refractivity contribution is -0.149. The quantitative estimate of drug-likeness (QED) is 0.178. The smallest absolute Gasteiger partial charge is 0.290 e. The number of hydrogen-bond donors (Lipinski definition) is 4. The number of aliphatic hydroxyl groups is 3. The van der Waals surface area contributed by atoms with Crippen LogP contribution < -0.4 is 14.8 Å². The molecule has 200 valence electrons. The number of hydrogen-bond acceptors (Lipinski definition) is 9. The number of rotatable bonds is 13. The Balaban J connectivity index is 2.52. The number of halogens is 1. The Morgan fingerprint density at radius 1 is 1.22 bits per heavy atom. The molecule has 0 heterocycles. The predicted molar refractivity (Wildman–Crippen MR) is 138 cm³/mol. The van der Waals surface area contributed by atoms with Crippen LogP contribution in [0.4, 0.5) is 0 Å². The summed E-state index contributed by atoms with van der Waals surface area (Å²) in [4.78, 5) is 39.2. The van der Waals surface area contributed by atoms with Crippen molar-refractivity contribution < 1.29 is 43.9 Å². The zero-order valence-electron chi connectivity index (χ0n) is 20.5. The van der Waals surface area contributed by atoms with Gasteiger partial charge in [-0.05, 0) is 46.4 Å². The highest BCUT2D eigenvalue weighted by atomic mass is 127. The van der Waals surface area contributed by atoms with E-state index in [1.54, 1.807) is 19.1 Å². The molecule has 36 heavy (non-hydrogen) atoms. The standard InChI is InChI=1S/C24H33IN2O9/c1-4-18(30)24(33)27(6-8-34-2)17-11-15(23(32)26-5-7-28)12-19(21(17)31)36-22-16(25)9-14(13-29)10-20(22)35-3/h9-10,12,17,19,21,28-29,31H,4-8,11,13H2,1-3H3,(H,26,32)/t17-,19+,21+/m1/s1. The van der Waals surface area contributed by atoms with Gasteiger partial charge in [0.25, 0.3) is 5.91 Å². The third-order valence-corrected chi connectivity index (χ3v) is 6.50. The first kappa shape index (κ1) is 30.0. The number of carbonyl (C=O) groups is 3. The summed E-state index contributed by atoms with van der Waals surface area (Å²) >= 11 is 2.01. The first-order valence-electron chi connectivity index (χ1n) is 11.5. The number of aliphatic hydroxyl groups excluding tert-OH is 3. The molecule has 0 aromatic heterocycles. The fraction of sp³-hybridized carbons (Fsp3) is 0.542. The van der Waals surface area contributed by atoms with E-state index < -0.39 is 35.8 Å². The highest BCUT2D eigenvalue weighted by Gasteiger charge is 2.41. The lowest BCUT2D eigenvalue weighted by atomic mass is 9.88. The molecule has 2 amide bonds. The number of methoxy groups -OCH3 is 2. The molecule has 1 aromatic carbocycles. The summed E-state index contributed by atoms with van der Waals surface area (Å²) in [5.41, 5.74) is 0.823. The Bertz CT molecular complexity index is 969.